The van der Waals surface area contributed by atoms with E-state index in [4.69, 9.17) is 4.74 Å². The number of halogens is 1. The summed E-state index contributed by atoms with van der Waals surface area (Å²) >= 11 is 0. The number of likely N-dealkylation sites (N-methyl/N-ethyl adjacent to an activating group) is 1. The summed E-state index contributed by atoms with van der Waals surface area (Å²) in [5.41, 5.74) is 0. The molecule has 21 heavy (non-hydrogen) atoms. The molecule has 0 fully saturated rings. The number of hydrogen-bond acceptors (Lipinski definition) is 4. The largest absolute Gasteiger partial charge is 0.491 e. The van der Waals surface area contributed by atoms with Gasteiger partial charge in [-0.1, -0.05) is 6.92 Å². The maximum absolute atomic E-state index is 12.7. The maximum Gasteiger partial charge on any atom is 0.223 e. The summed E-state index contributed by atoms with van der Waals surface area (Å²) in [6, 6.07) is 5.64. The van der Waals surface area contributed by atoms with E-state index in [-0.39, 0.29) is 24.2 Å². The number of carbonyl (C=O) groups is 1. The van der Waals surface area contributed by atoms with Crippen LogP contribution in [0.2, 0.25) is 0 Å². The summed E-state index contributed by atoms with van der Waals surface area (Å²) in [6.45, 7) is 2.89. The van der Waals surface area contributed by atoms with Crippen LogP contribution < -0.4 is 10.1 Å². The fraction of sp³-hybridized carbons (Fsp3) is 0.533. The molecule has 2 N–H and O–H groups in total. The van der Waals surface area contributed by atoms with Gasteiger partial charge in [-0.2, -0.15) is 0 Å². The third-order valence-electron chi connectivity index (χ3n) is 3.06. The topological polar surface area (TPSA) is 61.8 Å². The minimum Gasteiger partial charge on any atom is -0.491 e. The number of ether oxygens (including phenoxy) is 1. The molecule has 5 nitrogen and oxygen atoms in total. The standard InChI is InChI=1S/C15H23FN2O3/c1-11(15(20)17-2)8-18(3)9-13(19)10-21-14-6-4-12(16)5-7-14/h4-7,11,13,19H,8-10H2,1-3H3,(H,17,20). The molecule has 6 heteroatoms. The second-order valence-corrected chi connectivity index (χ2v) is 5.16. The zero-order chi connectivity index (χ0) is 15.8. The van der Waals surface area contributed by atoms with Crippen molar-refractivity contribution in [2.75, 3.05) is 33.8 Å². The van der Waals surface area contributed by atoms with Crippen molar-refractivity contribution in [1.29, 1.82) is 0 Å². The second kappa shape index (κ2) is 8.59. The van der Waals surface area contributed by atoms with E-state index in [2.05, 4.69) is 5.32 Å². The number of hydrogen-bond donors (Lipinski definition) is 2. The first kappa shape index (κ1) is 17.4. The Balaban J connectivity index is 2.30. The van der Waals surface area contributed by atoms with Crippen LogP contribution in [-0.4, -0.2) is 55.8 Å². The highest BCUT2D eigenvalue weighted by Gasteiger charge is 2.16. The third-order valence-corrected chi connectivity index (χ3v) is 3.06. The fourth-order valence-corrected chi connectivity index (χ4v) is 2.01. The van der Waals surface area contributed by atoms with Crippen molar-refractivity contribution in [3.63, 3.8) is 0 Å². The molecule has 0 heterocycles. The highest BCUT2D eigenvalue weighted by molar-refractivity contribution is 5.78. The van der Waals surface area contributed by atoms with Crippen LogP contribution in [0, 0.1) is 11.7 Å². The smallest absolute Gasteiger partial charge is 0.223 e. The lowest BCUT2D eigenvalue weighted by molar-refractivity contribution is -0.124. The Kier molecular flexibility index (Phi) is 7.11. The van der Waals surface area contributed by atoms with Gasteiger partial charge in [0.15, 0.2) is 0 Å². The number of aliphatic hydroxyl groups is 1. The summed E-state index contributed by atoms with van der Waals surface area (Å²) in [6.07, 6.45) is -0.683. The molecular formula is C15H23FN2O3. The summed E-state index contributed by atoms with van der Waals surface area (Å²) in [4.78, 5) is 13.3. The van der Waals surface area contributed by atoms with Gasteiger partial charge >= 0.3 is 0 Å². The van der Waals surface area contributed by atoms with E-state index >= 15 is 0 Å². The van der Waals surface area contributed by atoms with Crippen LogP contribution >= 0.6 is 0 Å². The number of aliphatic hydroxyl groups excluding tert-OH is 1. The van der Waals surface area contributed by atoms with Gasteiger partial charge in [0.2, 0.25) is 5.91 Å². The lowest BCUT2D eigenvalue weighted by atomic mass is 10.1. The molecule has 0 radical (unpaired) electrons. The molecule has 0 saturated carbocycles. The predicted molar refractivity (Wildman–Crippen MR) is 78.6 cm³/mol. The zero-order valence-corrected chi connectivity index (χ0v) is 12.7. The van der Waals surface area contributed by atoms with Crippen molar-refractivity contribution in [2.45, 2.75) is 13.0 Å². The summed E-state index contributed by atoms with van der Waals surface area (Å²) < 4.78 is 18.1. The predicted octanol–water partition coefficient (Wildman–Crippen LogP) is 0.879. The zero-order valence-electron chi connectivity index (χ0n) is 12.7. The van der Waals surface area contributed by atoms with Crippen molar-refractivity contribution in [1.82, 2.24) is 10.2 Å². The average molecular weight is 298 g/mol. The monoisotopic (exact) mass is 298 g/mol. The third kappa shape index (κ3) is 6.55. The Morgan fingerprint density at radius 1 is 1.38 bits per heavy atom. The Bertz CT molecular complexity index is 439. The first-order valence-corrected chi connectivity index (χ1v) is 6.89. The maximum atomic E-state index is 12.7. The molecule has 0 spiro atoms. The molecule has 0 aliphatic carbocycles. The number of nitrogens with zero attached hydrogens (tertiary/aromatic N) is 1. The Hall–Kier alpha value is -1.66. The van der Waals surface area contributed by atoms with Crippen molar-refractivity contribution in [2.24, 2.45) is 5.92 Å². The summed E-state index contributed by atoms with van der Waals surface area (Å²) in [5, 5.41) is 12.5. The molecule has 118 valence electrons. The second-order valence-electron chi connectivity index (χ2n) is 5.16. The normalized spacial score (nSPS) is 13.8. The lowest BCUT2D eigenvalue weighted by Gasteiger charge is -2.23. The van der Waals surface area contributed by atoms with Gasteiger partial charge in [0.05, 0.1) is 0 Å². The number of benzene rings is 1. The van der Waals surface area contributed by atoms with Crippen LogP contribution in [0.25, 0.3) is 0 Å². The van der Waals surface area contributed by atoms with Gasteiger partial charge in [0.1, 0.15) is 24.3 Å². The van der Waals surface area contributed by atoms with E-state index in [0.717, 1.165) is 0 Å². The molecule has 0 saturated heterocycles. The number of nitrogens with one attached hydrogen (secondary N) is 1. The molecule has 0 aliphatic rings. The molecule has 1 amide bonds. The quantitative estimate of drug-likeness (QED) is 0.748. The summed E-state index contributed by atoms with van der Waals surface area (Å²) in [7, 11) is 3.44. The van der Waals surface area contributed by atoms with Crippen LogP contribution in [0.15, 0.2) is 24.3 Å². The van der Waals surface area contributed by atoms with Crippen LogP contribution in [0.5, 0.6) is 5.75 Å². The van der Waals surface area contributed by atoms with E-state index < -0.39 is 6.10 Å². The number of carbonyl (C=O) groups excluding carboxylic acids is 1. The first-order chi connectivity index (χ1) is 9.92. The molecule has 0 aliphatic heterocycles. The molecule has 2 atom stereocenters. The van der Waals surface area contributed by atoms with Gasteiger partial charge in [-0.05, 0) is 31.3 Å². The van der Waals surface area contributed by atoms with Crippen LogP contribution in [0.4, 0.5) is 4.39 Å². The summed E-state index contributed by atoms with van der Waals surface area (Å²) in [5.74, 6) is 0.00627. The molecule has 0 aromatic heterocycles. The Morgan fingerprint density at radius 2 is 2.00 bits per heavy atom. The first-order valence-electron chi connectivity index (χ1n) is 6.89. The van der Waals surface area contributed by atoms with E-state index in [0.29, 0.717) is 18.8 Å². The fourth-order valence-electron chi connectivity index (χ4n) is 2.01. The van der Waals surface area contributed by atoms with Gasteiger partial charge < -0.3 is 20.1 Å². The minimum absolute atomic E-state index is 0.0288. The van der Waals surface area contributed by atoms with Crippen molar-refractivity contribution in [3.8, 4) is 5.75 Å². The van der Waals surface area contributed by atoms with E-state index in [1.807, 2.05) is 18.9 Å². The molecule has 1 rings (SSSR count). The minimum atomic E-state index is -0.683. The number of rotatable bonds is 8. The van der Waals surface area contributed by atoms with Gasteiger partial charge in [-0.15, -0.1) is 0 Å². The highest BCUT2D eigenvalue weighted by atomic mass is 19.1. The Morgan fingerprint density at radius 3 is 2.57 bits per heavy atom. The van der Waals surface area contributed by atoms with Crippen molar-refractivity contribution in [3.05, 3.63) is 30.1 Å². The lowest BCUT2D eigenvalue weighted by Crippen LogP contribution is -2.39. The average Bonchev–Trinajstić information content (AvgIpc) is 2.45. The SMILES string of the molecule is CNC(=O)C(C)CN(C)CC(O)COc1ccc(F)cc1. The van der Waals surface area contributed by atoms with Crippen molar-refractivity contribution >= 4 is 5.91 Å². The van der Waals surface area contributed by atoms with E-state index in [9.17, 15) is 14.3 Å². The molecular weight excluding hydrogens is 275 g/mol. The number of amides is 1. The molecule has 1 aromatic rings. The van der Waals surface area contributed by atoms with Crippen LogP contribution in [0.1, 0.15) is 6.92 Å². The molecule has 1 aromatic carbocycles. The van der Waals surface area contributed by atoms with Crippen molar-refractivity contribution < 1.29 is 19.0 Å². The van der Waals surface area contributed by atoms with Gasteiger partial charge in [-0.3, -0.25) is 4.79 Å². The van der Waals surface area contributed by atoms with Gasteiger partial charge in [0, 0.05) is 26.1 Å². The van der Waals surface area contributed by atoms with E-state index in [1.165, 1.54) is 24.3 Å². The van der Waals surface area contributed by atoms with Crippen LogP contribution in [0.3, 0.4) is 0 Å². The molecule has 2 unspecified atom stereocenters. The Labute approximate surface area is 124 Å². The van der Waals surface area contributed by atoms with Crippen LogP contribution in [-0.2, 0) is 4.79 Å². The highest BCUT2D eigenvalue weighted by Crippen LogP contribution is 2.11. The van der Waals surface area contributed by atoms with Gasteiger partial charge in [0.25, 0.3) is 0 Å². The van der Waals surface area contributed by atoms with Gasteiger partial charge in [-0.25, -0.2) is 4.39 Å². The van der Waals surface area contributed by atoms with E-state index in [1.54, 1.807) is 7.05 Å². The molecule has 0 bridgehead atoms.